The van der Waals surface area contributed by atoms with Gasteiger partial charge in [0.25, 0.3) is 0 Å². The first-order chi connectivity index (χ1) is 10.5. The molecular formula is C26H78. The molecule has 26 heavy (non-hydrogen) atoms. The van der Waals surface area contributed by atoms with Crippen LogP contribution in [0, 0.1) is 11.8 Å². The lowest BCUT2D eigenvalue weighted by molar-refractivity contribution is 0.736. The fourth-order valence-electron chi connectivity index (χ4n) is 0. The second-order valence-corrected chi connectivity index (χ2v) is 3.46. The van der Waals surface area contributed by atoms with Gasteiger partial charge in [-0.25, -0.2) is 0 Å². The zero-order valence-corrected chi connectivity index (χ0v) is 21.2. The molecule has 0 bridgehead atoms. The van der Waals surface area contributed by atoms with Crippen molar-refractivity contribution in [2.45, 2.75) is 168 Å². The van der Waals surface area contributed by atoms with Crippen molar-refractivity contribution in [3.8, 4) is 0 Å². The minimum atomic E-state index is 0. The molecule has 0 atom stereocenters. The molecule has 0 radical (unpaired) electrons. The maximum Gasteiger partial charge on any atom is -0.0500 e. The van der Waals surface area contributed by atoms with Crippen molar-refractivity contribution in [3.05, 3.63) is 0 Å². The van der Waals surface area contributed by atoms with Crippen LogP contribution in [0.3, 0.4) is 0 Å². The van der Waals surface area contributed by atoms with Crippen LogP contribution in [0.25, 0.3) is 0 Å². The van der Waals surface area contributed by atoms with E-state index in [0.29, 0.717) is 0 Å². The van der Waals surface area contributed by atoms with Gasteiger partial charge in [-0.15, -0.1) is 0 Å². The highest BCUT2D eigenvalue weighted by atomic mass is 13.7. The molecule has 0 unspecified atom stereocenters. The summed E-state index contributed by atoms with van der Waals surface area (Å²) in [4.78, 5) is 0. The smallest absolute Gasteiger partial charge is 0.0500 e. The number of hydrogen-bond donors (Lipinski definition) is 0. The van der Waals surface area contributed by atoms with Gasteiger partial charge in [0.05, 0.1) is 0 Å². The van der Waals surface area contributed by atoms with Crippen LogP contribution in [0.5, 0.6) is 0 Å². The number of hydrogen-bond acceptors (Lipinski definition) is 0. The maximum absolute atomic E-state index is 2.17. The van der Waals surface area contributed by atoms with Gasteiger partial charge >= 0.3 is 0 Å². The third-order valence-electron chi connectivity index (χ3n) is 0. The Morgan fingerprint density at radius 2 is 0.231 bits per heavy atom. The molecule has 0 saturated carbocycles. The van der Waals surface area contributed by atoms with Crippen LogP contribution in [0.2, 0.25) is 0 Å². The molecule has 0 heteroatoms. The quantitative estimate of drug-likeness (QED) is 0.385. The highest BCUT2D eigenvalue weighted by Gasteiger charge is 1.68. The lowest BCUT2D eigenvalue weighted by atomic mass is 10.3. The van der Waals surface area contributed by atoms with E-state index < -0.39 is 0 Å². The van der Waals surface area contributed by atoms with E-state index in [0.717, 1.165) is 11.8 Å². The van der Waals surface area contributed by atoms with E-state index in [4.69, 9.17) is 0 Å². The van der Waals surface area contributed by atoms with Gasteiger partial charge in [-0.1, -0.05) is 168 Å². The molecule has 0 fully saturated rings. The predicted molar refractivity (Wildman–Crippen MR) is 147 cm³/mol. The van der Waals surface area contributed by atoms with E-state index in [1.807, 2.05) is 96.9 Å². The molecule has 0 rings (SSSR count). The average Bonchev–Trinajstić information content (AvgIpc) is 2.59. The summed E-state index contributed by atoms with van der Waals surface area (Å²) in [5, 5.41) is 0. The molecule has 0 spiro atoms. The van der Waals surface area contributed by atoms with E-state index in [1.54, 1.807) is 0 Å². The fourth-order valence-corrected chi connectivity index (χ4v) is 0. The average molecular weight is 391 g/mol. The van der Waals surface area contributed by atoms with E-state index in [9.17, 15) is 0 Å². The highest BCUT2D eigenvalue weighted by Crippen LogP contribution is 1.81. The summed E-state index contributed by atoms with van der Waals surface area (Å²) in [5.74, 6) is 1.67. The van der Waals surface area contributed by atoms with Crippen LogP contribution in [0.1, 0.15) is 168 Å². The lowest BCUT2D eigenvalue weighted by Gasteiger charge is -1.79. The summed E-state index contributed by atoms with van der Waals surface area (Å²) in [6.07, 6.45) is 0. The molecule has 0 nitrogen and oxygen atoms in total. The largest absolute Gasteiger partial charge is 0.0776 e. The molecule has 0 amide bonds. The Labute approximate surface area is 180 Å². The Balaban J connectivity index is -0.00000000667. The third kappa shape index (κ3) is 0. The molecule has 0 aliphatic heterocycles. The topological polar surface area (TPSA) is 0 Å². The van der Waals surface area contributed by atoms with E-state index in [-0.39, 0.29) is 29.7 Å². The van der Waals surface area contributed by atoms with Gasteiger partial charge < -0.3 is 0 Å². The van der Waals surface area contributed by atoms with E-state index in [2.05, 4.69) is 41.5 Å². The van der Waals surface area contributed by atoms with Crippen LogP contribution in [0.4, 0.5) is 0 Å². The van der Waals surface area contributed by atoms with E-state index in [1.165, 1.54) is 0 Å². The molecule has 182 valence electrons. The van der Waals surface area contributed by atoms with Crippen LogP contribution >= 0.6 is 0 Å². The minimum Gasteiger partial charge on any atom is -0.0776 e. The summed E-state index contributed by atoms with van der Waals surface area (Å²) in [5.41, 5.74) is 0. The summed E-state index contributed by atoms with van der Waals surface area (Å²) in [6.45, 7) is 41.0. The summed E-state index contributed by atoms with van der Waals surface area (Å²) in [6, 6.07) is 0. The minimum absolute atomic E-state index is 0. The Bertz CT molecular complexity index is 15.5. The van der Waals surface area contributed by atoms with Crippen LogP contribution < -0.4 is 0 Å². The second-order valence-electron chi connectivity index (χ2n) is 3.46. The molecule has 0 aliphatic rings. The molecule has 0 saturated heterocycles. The van der Waals surface area contributed by atoms with Gasteiger partial charge in [-0.05, 0) is 11.8 Å². The molecule has 0 heterocycles. The molecule has 0 aromatic carbocycles. The van der Waals surface area contributed by atoms with Gasteiger partial charge in [0, 0.05) is 0 Å². The van der Waals surface area contributed by atoms with Crippen LogP contribution in [-0.2, 0) is 0 Å². The molecule has 0 aromatic heterocycles. The molecule has 0 N–H and O–H groups in total. The first-order valence-electron chi connectivity index (χ1n) is 10.5. The lowest BCUT2D eigenvalue weighted by Crippen LogP contribution is -1.66. The van der Waals surface area contributed by atoms with Gasteiger partial charge in [-0.3, -0.25) is 0 Å². The molecule has 0 aliphatic carbocycles. The molecule has 0 aromatic rings. The van der Waals surface area contributed by atoms with Gasteiger partial charge in [0.1, 0.15) is 0 Å². The normalized spacial score (nSPS) is 4.38. The highest BCUT2D eigenvalue weighted by molar-refractivity contribution is 4.21. The van der Waals surface area contributed by atoms with Gasteiger partial charge in [0.15, 0.2) is 0 Å². The Hall–Kier alpha value is 0. The van der Waals surface area contributed by atoms with Crippen molar-refractivity contribution in [1.82, 2.24) is 0 Å². The Kier molecular flexibility index (Phi) is 1480. The fraction of sp³-hybridized carbons (Fsp3) is 1.00. The van der Waals surface area contributed by atoms with Crippen molar-refractivity contribution in [2.75, 3.05) is 0 Å². The second kappa shape index (κ2) is 400. The van der Waals surface area contributed by atoms with Crippen molar-refractivity contribution in [1.29, 1.82) is 0 Å². The van der Waals surface area contributed by atoms with Crippen LogP contribution in [-0.4, -0.2) is 0 Å². The standard InChI is InChI=1S/2C4H10.7C2H6.4CH4/c2*1-4(2)3;7*1-2;;;;/h2*4H,1-3H3;7*1-2H3;4*1H4. The van der Waals surface area contributed by atoms with E-state index >= 15 is 0 Å². The molecular weight excluding hydrogens is 312 g/mol. The first-order valence-corrected chi connectivity index (χ1v) is 10.5. The zero-order chi connectivity index (χ0) is 21.2. The summed E-state index contributed by atoms with van der Waals surface area (Å²) < 4.78 is 0. The van der Waals surface area contributed by atoms with Gasteiger partial charge in [-0.2, -0.15) is 0 Å². The van der Waals surface area contributed by atoms with Crippen molar-refractivity contribution >= 4 is 0 Å². The van der Waals surface area contributed by atoms with Gasteiger partial charge in [0.2, 0.25) is 0 Å². The Morgan fingerprint density at radius 3 is 0.231 bits per heavy atom. The number of rotatable bonds is 0. The van der Waals surface area contributed by atoms with Crippen LogP contribution in [0.15, 0.2) is 0 Å². The SMILES string of the molecule is C.C.C.C.CC.CC.CC.CC.CC.CC.CC.CC(C)C.CC(C)C. The van der Waals surface area contributed by atoms with Crippen molar-refractivity contribution < 1.29 is 0 Å². The Morgan fingerprint density at radius 1 is 0.231 bits per heavy atom. The third-order valence-corrected chi connectivity index (χ3v) is 0. The predicted octanol–water partition coefficient (Wildman–Crippen LogP) is 13.1. The van der Waals surface area contributed by atoms with Crippen molar-refractivity contribution in [2.24, 2.45) is 11.8 Å². The zero-order valence-electron chi connectivity index (χ0n) is 21.2. The summed E-state index contributed by atoms with van der Waals surface area (Å²) in [7, 11) is 0. The first kappa shape index (κ1) is 96.2. The summed E-state index contributed by atoms with van der Waals surface area (Å²) >= 11 is 0. The maximum atomic E-state index is 2.17. The monoisotopic (exact) mass is 391 g/mol. The van der Waals surface area contributed by atoms with Crippen molar-refractivity contribution in [3.63, 3.8) is 0 Å².